The molecule has 0 saturated carbocycles. The number of sulfonamides is 1. The van der Waals surface area contributed by atoms with Gasteiger partial charge in [0.25, 0.3) is 10.0 Å². The van der Waals surface area contributed by atoms with Crippen molar-refractivity contribution in [3.8, 4) is 0 Å². The number of nitrogens with zero attached hydrogens (tertiary/aromatic N) is 2. The maximum atomic E-state index is 13.9. The van der Waals surface area contributed by atoms with E-state index in [1.54, 1.807) is 30.3 Å². The van der Waals surface area contributed by atoms with Gasteiger partial charge in [0.1, 0.15) is 12.6 Å². The molecule has 0 radical (unpaired) electrons. The molecule has 38 heavy (non-hydrogen) atoms. The van der Waals surface area contributed by atoms with Gasteiger partial charge in [0.15, 0.2) is 0 Å². The van der Waals surface area contributed by atoms with Gasteiger partial charge in [-0.25, -0.2) is 8.42 Å². The van der Waals surface area contributed by atoms with E-state index in [9.17, 15) is 18.0 Å². The highest BCUT2D eigenvalue weighted by Crippen LogP contribution is 2.27. The second-order valence-corrected chi connectivity index (χ2v) is 11.4. The quantitative estimate of drug-likeness (QED) is 0.357. The average molecular weight is 556 g/mol. The number of anilines is 1. The Morgan fingerprint density at radius 2 is 1.53 bits per heavy atom. The summed E-state index contributed by atoms with van der Waals surface area (Å²) in [5, 5.41) is 3.14. The van der Waals surface area contributed by atoms with Crippen molar-refractivity contribution in [2.45, 2.75) is 51.6 Å². The van der Waals surface area contributed by atoms with E-state index in [0.717, 1.165) is 21.0 Å². The van der Waals surface area contributed by atoms with E-state index in [2.05, 4.69) is 5.32 Å². The van der Waals surface area contributed by atoms with Crippen LogP contribution in [0.2, 0.25) is 5.02 Å². The van der Waals surface area contributed by atoms with Crippen molar-refractivity contribution in [1.82, 2.24) is 10.2 Å². The number of hydrogen-bond acceptors (Lipinski definition) is 4. The molecular weight excluding hydrogens is 522 g/mol. The van der Waals surface area contributed by atoms with Crippen molar-refractivity contribution in [3.63, 3.8) is 0 Å². The Hall–Kier alpha value is -3.36. The summed E-state index contributed by atoms with van der Waals surface area (Å²) in [5.41, 5.74) is 3.07. The van der Waals surface area contributed by atoms with Crippen molar-refractivity contribution >= 4 is 39.1 Å². The van der Waals surface area contributed by atoms with Crippen LogP contribution < -0.4 is 9.62 Å². The Morgan fingerprint density at radius 1 is 0.921 bits per heavy atom. The Bertz CT molecular complexity index is 1360. The van der Waals surface area contributed by atoms with Crippen molar-refractivity contribution in [1.29, 1.82) is 0 Å². The van der Waals surface area contributed by atoms with Gasteiger partial charge < -0.3 is 10.2 Å². The van der Waals surface area contributed by atoms with Crippen LogP contribution in [0.4, 0.5) is 5.69 Å². The number of carbonyl (C=O) groups excluding carboxylic acids is 2. The highest BCUT2D eigenvalue weighted by Gasteiger charge is 2.33. The van der Waals surface area contributed by atoms with E-state index in [1.807, 2.05) is 52.0 Å². The first-order chi connectivity index (χ1) is 18.1. The first kappa shape index (κ1) is 29.2. The number of aryl methyl sites for hydroxylation is 2. The van der Waals surface area contributed by atoms with Gasteiger partial charge in [-0.1, -0.05) is 72.1 Å². The fraction of sp³-hybridized carbons (Fsp3) is 0.310. The fourth-order valence-electron chi connectivity index (χ4n) is 4.10. The van der Waals surface area contributed by atoms with Crippen molar-refractivity contribution in [3.05, 3.63) is 94.5 Å². The summed E-state index contributed by atoms with van der Waals surface area (Å²) in [7, 11) is -4.13. The minimum atomic E-state index is -4.13. The number of carbonyl (C=O) groups is 2. The van der Waals surface area contributed by atoms with Crippen LogP contribution in [0, 0.1) is 13.8 Å². The average Bonchev–Trinajstić information content (AvgIpc) is 2.88. The molecule has 0 heterocycles. The summed E-state index contributed by atoms with van der Waals surface area (Å²) >= 11 is 6.20. The van der Waals surface area contributed by atoms with E-state index >= 15 is 0 Å². The molecule has 202 valence electrons. The molecule has 0 saturated heterocycles. The second-order valence-electron chi connectivity index (χ2n) is 9.13. The van der Waals surface area contributed by atoms with Gasteiger partial charge in [-0.05, 0) is 63.1 Å². The lowest BCUT2D eigenvalue weighted by molar-refractivity contribution is -0.140. The summed E-state index contributed by atoms with van der Waals surface area (Å²) in [6, 6.07) is 19.7. The first-order valence-corrected chi connectivity index (χ1v) is 14.4. The molecule has 9 heteroatoms. The van der Waals surface area contributed by atoms with Gasteiger partial charge in [-0.2, -0.15) is 0 Å². The Labute approximate surface area is 230 Å². The van der Waals surface area contributed by atoms with Crippen molar-refractivity contribution < 1.29 is 18.0 Å². The number of nitrogens with one attached hydrogen (secondary N) is 1. The van der Waals surface area contributed by atoms with E-state index < -0.39 is 28.5 Å². The smallest absolute Gasteiger partial charge is 0.264 e. The van der Waals surface area contributed by atoms with Crippen LogP contribution in [0.1, 0.15) is 37.0 Å². The Morgan fingerprint density at radius 3 is 2.08 bits per heavy atom. The van der Waals surface area contributed by atoms with Crippen LogP contribution in [-0.4, -0.2) is 44.3 Å². The molecule has 3 rings (SSSR count). The molecular formula is C29H34ClN3O4S. The SMILES string of the molecule is CCNC(=O)[C@H](CC)N(Cc1ccc(C)cc1)C(=O)CN(c1cccc(Cl)c1)S(=O)(=O)c1ccc(C)cc1. The summed E-state index contributed by atoms with van der Waals surface area (Å²) in [6.45, 7) is 7.54. The molecule has 1 atom stereocenters. The first-order valence-electron chi connectivity index (χ1n) is 12.5. The van der Waals surface area contributed by atoms with Crippen molar-refractivity contribution in [2.75, 3.05) is 17.4 Å². The molecule has 0 aromatic heterocycles. The van der Waals surface area contributed by atoms with Crippen LogP contribution in [0.25, 0.3) is 0 Å². The lowest BCUT2D eigenvalue weighted by atomic mass is 10.1. The van der Waals surface area contributed by atoms with E-state index in [0.29, 0.717) is 18.0 Å². The third-order valence-corrected chi connectivity index (χ3v) is 8.22. The van der Waals surface area contributed by atoms with Crippen LogP contribution in [0.15, 0.2) is 77.7 Å². The summed E-state index contributed by atoms with van der Waals surface area (Å²) in [5.74, 6) is -0.787. The Kier molecular flexibility index (Phi) is 9.94. The number of rotatable bonds is 11. The van der Waals surface area contributed by atoms with Gasteiger partial charge >= 0.3 is 0 Å². The minimum absolute atomic E-state index is 0.0525. The predicted molar refractivity (Wildman–Crippen MR) is 152 cm³/mol. The zero-order valence-corrected chi connectivity index (χ0v) is 23.7. The van der Waals surface area contributed by atoms with Crippen LogP contribution in [0.5, 0.6) is 0 Å². The highest BCUT2D eigenvalue weighted by atomic mass is 35.5. The third-order valence-electron chi connectivity index (χ3n) is 6.19. The molecule has 3 aromatic rings. The van der Waals surface area contributed by atoms with Crippen LogP contribution in [-0.2, 0) is 26.2 Å². The lowest BCUT2D eigenvalue weighted by Crippen LogP contribution is -2.52. The monoisotopic (exact) mass is 555 g/mol. The van der Waals surface area contributed by atoms with E-state index in [4.69, 9.17) is 11.6 Å². The zero-order chi connectivity index (χ0) is 27.9. The van der Waals surface area contributed by atoms with Gasteiger partial charge in [-0.15, -0.1) is 0 Å². The molecule has 3 aromatic carbocycles. The molecule has 0 bridgehead atoms. The molecule has 1 N–H and O–H groups in total. The van der Waals surface area contributed by atoms with Crippen LogP contribution in [0.3, 0.4) is 0 Å². The van der Waals surface area contributed by atoms with Gasteiger partial charge in [-0.3, -0.25) is 13.9 Å². The fourth-order valence-corrected chi connectivity index (χ4v) is 5.69. The van der Waals surface area contributed by atoms with Crippen molar-refractivity contribution in [2.24, 2.45) is 0 Å². The predicted octanol–water partition coefficient (Wildman–Crippen LogP) is 5.10. The standard InChI is InChI=1S/C29H34ClN3O4S/c1-5-27(29(35)31-6-2)32(19-23-14-10-21(3)11-15-23)28(34)20-33(25-9-7-8-24(30)18-25)38(36,37)26-16-12-22(4)13-17-26/h7-18,27H,5-6,19-20H2,1-4H3,(H,31,35)/t27-/m0/s1. The third kappa shape index (κ3) is 7.14. The minimum Gasteiger partial charge on any atom is -0.355 e. The largest absolute Gasteiger partial charge is 0.355 e. The molecule has 0 aliphatic heterocycles. The number of hydrogen-bond donors (Lipinski definition) is 1. The molecule has 0 aliphatic rings. The van der Waals surface area contributed by atoms with Gasteiger partial charge in [0.2, 0.25) is 11.8 Å². The lowest BCUT2D eigenvalue weighted by Gasteiger charge is -2.33. The maximum absolute atomic E-state index is 13.9. The number of benzene rings is 3. The summed E-state index contributed by atoms with van der Waals surface area (Å²) in [6.07, 6.45) is 0.366. The zero-order valence-electron chi connectivity index (χ0n) is 22.1. The molecule has 0 fully saturated rings. The molecule has 0 aliphatic carbocycles. The molecule has 0 unspecified atom stereocenters. The van der Waals surface area contributed by atoms with Gasteiger partial charge in [0, 0.05) is 18.1 Å². The Balaban J connectivity index is 2.05. The second kappa shape index (κ2) is 12.9. The maximum Gasteiger partial charge on any atom is 0.264 e. The summed E-state index contributed by atoms with van der Waals surface area (Å²) < 4.78 is 28.7. The van der Waals surface area contributed by atoms with Crippen LogP contribution >= 0.6 is 11.6 Å². The summed E-state index contributed by atoms with van der Waals surface area (Å²) in [4.78, 5) is 28.4. The normalized spacial score (nSPS) is 12.0. The van der Waals surface area contributed by atoms with E-state index in [1.165, 1.54) is 23.1 Å². The number of amides is 2. The number of halogens is 1. The molecule has 0 spiro atoms. The molecule has 2 amide bonds. The highest BCUT2D eigenvalue weighted by molar-refractivity contribution is 7.92. The van der Waals surface area contributed by atoms with Gasteiger partial charge in [0.05, 0.1) is 10.6 Å². The van der Waals surface area contributed by atoms with E-state index in [-0.39, 0.29) is 23.0 Å². The number of likely N-dealkylation sites (N-methyl/N-ethyl adjacent to an activating group) is 1. The topological polar surface area (TPSA) is 86.8 Å². The molecule has 7 nitrogen and oxygen atoms in total.